The van der Waals surface area contributed by atoms with Gasteiger partial charge in [-0.05, 0) is 87.6 Å². The normalized spacial score (nSPS) is 15.4. The fraction of sp³-hybridized carbons (Fsp3) is 0.409. The number of ether oxygens (including phenoxy) is 1. The van der Waals surface area contributed by atoms with E-state index in [1.165, 1.54) is 24.9 Å². The molecule has 138 valence electrons. The van der Waals surface area contributed by atoms with Gasteiger partial charge in [-0.25, -0.2) is 0 Å². The molecule has 0 saturated carbocycles. The molecule has 1 aliphatic rings. The van der Waals surface area contributed by atoms with Gasteiger partial charge in [0.1, 0.15) is 5.75 Å². The minimum Gasteiger partial charge on any atom is -0.481 e. The Kier molecular flexibility index (Phi) is 5.82. The molecule has 0 aromatic heterocycles. The average Bonchev–Trinajstić information content (AvgIpc) is 2.62. The smallest absolute Gasteiger partial charge is 0.265 e. The summed E-state index contributed by atoms with van der Waals surface area (Å²) in [4.78, 5) is 14.8. The first-order valence-corrected chi connectivity index (χ1v) is 9.42. The highest BCUT2D eigenvalue weighted by atomic mass is 16.5. The highest BCUT2D eigenvalue weighted by Gasteiger charge is 2.16. The molecule has 2 aromatic rings. The van der Waals surface area contributed by atoms with E-state index in [9.17, 15) is 4.79 Å². The van der Waals surface area contributed by atoms with Crippen LogP contribution in [0.4, 0.5) is 11.4 Å². The molecule has 1 amide bonds. The molecule has 4 nitrogen and oxygen atoms in total. The number of piperidine rings is 1. The van der Waals surface area contributed by atoms with Crippen molar-refractivity contribution in [3.63, 3.8) is 0 Å². The van der Waals surface area contributed by atoms with Gasteiger partial charge < -0.3 is 15.0 Å². The lowest BCUT2D eigenvalue weighted by atomic mass is 10.1. The summed E-state index contributed by atoms with van der Waals surface area (Å²) in [7, 11) is 0. The minimum atomic E-state index is -0.557. The van der Waals surface area contributed by atoms with E-state index in [4.69, 9.17) is 4.74 Å². The zero-order chi connectivity index (χ0) is 18.5. The Labute approximate surface area is 156 Å². The summed E-state index contributed by atoms with van der Waals surface area (Å²) in [5.74, 6) is 0.584. The number of amides is 1. The van der Waals surface area contributed by atoms with Gasteiger partial charge in [-0.2, -0.15) is 0 Å². The van der Waals surface area contributed by atoms with Gasteiger partial charge in [-0.3, -0.25) is 4.79 Å². The molecule has 2 aromatic carbocycles. The first kappa shape index (κ1) is 18.3. The monoisotopic (exact) mass is 352 g/mol. The van der Waals surface area contributed by atoms with Gasteiger partial charge in [0.25, 0.3) is 5.91 Å². The van der Waals surface area contributed by atoms with Gasteiger partial charge in [0, 0.05) is 24.5 Å². The maximum atomic E-state index is 12.4. The van der Waals surface area contributed by atoms with Crippen molar-refractivity contribution in [2.24, 2.45) is 0 Å². The molecule has 0 bridgehead atoms. The molecule has 4 heteroatoms. The van der Waals surface area contributed by atoms with E-state index in [0.29, 0.717) is 0 Å². The topological polar surface area (TPSA) is 41.6 Å². The third-order valence-electron chi connectivity index (χ3n) is 4.73. The van der Waals surface area contributed by atoms with Crippen molar-refractivity contribution in [3.8, 4) is 5.75 Å². The molecule has 0 aliphatic carbocycles. The highest BCUT2D eigenvalue weighted by Crippen LogP contribution is 2.22. The lowest BCUT2D eigenvalue weighted by Crippen LogP contribution is -2.30. The van der Waals surface area contributed by atoms with Gasteiger partial charge >= 0.3 is 0 Å². The number of carbonyl (C=O) groups is 1. The van der Waals surface area contributed by atoms with E-state index in [1.54, 1.807) is 6.92 Å². The summed E-state index contributed by atoms with van der Waals surface area (Å²) in [6, 6.07) is 14.1. The van der Waals surface area contributed by atoms with Crippen LogP contribution in [0.2, 0.25) is 0 Å². The predicted molar refractivity (Wildman–Crippen MR) is 107 cm³/mol. The highest BCUT2D eigenvalue weighted by molar-refractivity contribution is 5.94. The predicted octanol–water partition coefficient (Wildman–Crippen LogP) is 4.70. The molecular weight excluding hydrogens is 324 g/mol. The van der Waals surface area contributed by atoms with Crippen molar-refractivity contribution < 1.29 is 9.53 Å². The maximum Gasteiger partial charge on any atom is 0.265 e. The lowest BCUT2D eigenvalue weighted by Gasteiger charge is -2.28. The SMILES string of the molecule is Cc1cc(C)cc(OC(C)C(=O)Nc2ccc(N3CCCCC3)cc2)c1. The third kappa shape index (κ3) is 4.78. The summed E-state index contributed by atoms with van der Waals surface area (Å²) in [6.07, 6.45) is 3.28. The van der Waals surface area contributed by atoms with Crippen molar-refractivity contribution in [1.29, 1.82) is 0 Å². The first-order valence-electron chi connectivity index (χ1n) is 9.42. The van der Waals surface area contributed by atoms with Crippen molar-refractivity contribution in [2.45, 2.75) is 46.1 Å². The largest absolute Gasteiger partial charge is 0.481 e. The van der Waals surface area contributed by atoms with Crippen LogP contribution in [0.5, 0.6) is 5.75 Å². The number of benzene rings is 2. The number of aryl methyl sites for hydroxylation is 2. The molecule has 1 heterocycles. The van der Waals surface area contributed by atoms with E-state index in [1.807, 2.05) is 38.1 Å². The first-order chi connectivity index (χ1) is 12.5. The second-order valence-corrected chi connectivity index (χ2v) is 7.17. The van der Waals surface area contributed by atoms with Crippen LogP contribution in [0, 0.1) is 13.8 Å². The summed E-state index contributed by atoms with van der Waals surface area (Å²) < 4.78 is 5.81. The van der Waals surface area contributed by atoms with Crippen LogP contribution in [-0.2, 0) is 4.79 Å². The number of hydrogen-bond donors (Lipinski definition) is 1. The standard InChI is InChI=1S/C22H28N2O2/c1-16-13-17(2)15-21(14-16)26-18(3)22(25)23-19-7-9-20(10-8-19)24-11-5-4-6-12-24/h7-10,13-15,18H,4-6,11-12H2,1-3H3,(H,23,25). The molecule has 1 fully saturated rings. The zero-order valence-electron chi connectivity index (χ0n) is 15.9. The van der Waals surface area contributed by atoms with E-state index < -0.39 is 6.10 Å². The molecule has 26 heavy (non-hydrogen) atoms. The van der Waals surface area contributed by atoms with Gasteiger partial charge in [-0.1, -0.05) is 6.07 Å². The third-order valence-corrected chi connectivity index (χ3v) is 4.73. The number of rotatable bonds is 5. The van der Waals surface area contributed by atoms with Crippen molar-refractivity contribution in [3.05, 3.63) is 53.6 Å². The molecule has 1 N–H and O–H groups in total. The Hall–Kier alpha value is -2.49. The lowest BCUT2D eigenvalue weighted by molar-refractivity contribution is -0.122. The number of anilines is 2. The Morgan fingerprint density at radius 1 is 1.00 bits per heavy atom. The quantitative estimate of drug-likeness (QED) is 0.848. The van der Waals surface area contributed by atoms with Crippen LogP contribution in [-0.4, -0.2) is 25.1 Å². The maximum absolute atomic E-state index is 12.4. The van der Waals surface area contributed by atoms with E-state index in [-0.39, 0.29) is 5.91 Å². The summed E-state index contributed by atoms with van der Waals surface area (Å²) in [5, 5.41) is 2.94. The molecule has 1 atom stereocenters. The Morgan fingerprint density at radius 2 is 1.62 bits per heavy atom. The van der Waals surface area contributed by atoms with Gasteiger partial charge in [0.05, 0.1) is 0 Å². The molecular formula is C22H28N2O2. The second kappa shape index (κ2) is 8.26. The Balaban J connectivity index is 1.58. The second-order valence-electron chi connectivity index (χ2n) is 7.17. The van der Waals surface area contributed by atoms with Crippen LogP contribution in [0.3, 0.4) is 0 Å². The fourth-order valence-electron chi connectivity index (χ4n) is 3.41. The van der Waals surface area contributed by atoms with Crippen LogP contribution >= 0.6 is 0 Å². The van der Waals surface area contributed by atoms with Crippen LogP contribution < -0.4 is 15.0 Å². The average molecular weight is 352 g/mol. The Bertz CT molecular complexity index is 729. The fourth-order valence-corrected chi connectivity index (χ4v) is 3.41. The number of carbonyl (C=O) groups excluding carboxylic acids is 1. The van der Waals surface area contributed by atoms with Crippen molar-refractivity contribution >= 4 is 17.3 Å². The number of hydrogen-bond acceptors (Lipinski definition) is 3. The zero-order valence-corrected chi connectivity index (χ0v) is 15.9. The summed E-state index contributed by atoms with van der Waals surface area (Å²) in [5.41, 5.74) is 4.27. The van der Waals surface area contributed by atoms with E-state index in [0.717, 1.165) is 35.7 Å². The number of nitrogens with one attached hydrogen (secondary N) is 1. The van der Waals surface area contributed by atoms with Crippen molar-refractivity contribution in [1.82, 2.24) is 0 Å². The van der Waals surface area contributed by atoms with Gasteiger partial charge in [-0.15, -0.1) is 0 Å². The van der Waals surface area contributed by atoms with Crippen molar-refractivity contribution in [2.75, 3.05) is 23.3 Å². The van der Waals surface area contributed by atoms with E-state index in [2.05, 4.69) is 28.4 Å². The molecule has 0 radical (unpaired) electrons. The van der Waals surface area contributed by atoms with Gasteiger partial charge in [0.15, 0.2) is 6.10 Å². The van der Waals surface area contributed by atoms with Crippen LogP contribution in [0.1, 0.15) is 37.3 Å². The number of nitrogens with zero attached hydrogens (tertiary/aromatic N) is 1. The van der Waals surface area contributed by atoms with E-state index >= 15 is 0 Å². The minimum absolute atomic E-state index is 0.144. The van der Waals surface area contributed by atoms with Crippen LogP contribution in [0.15, 0.2) is 42.5 Å². The summed E-state index contributed by atoms with van der Waals surface area (Å²) in [6.45, 7) is 8.05. The molecule has 1 aliphatic heterocycles. The Morgan fingerprint density at radius 3 is 2.23 bits per heavy atom. The molecule has 1 unspecified atom stereocenters. The molecule has 0 spiro atoms. The van der Waals surface area contributed by atoms with Crippen LogP contribution in [0.25, 0.3) is 0 Å². The summed E-state index contributed by atoms with van der Waals surface area (Å²) >= 11 is 0. The molecule has 3 rings (SSSR count). The van der Waals surface area contributed by atoms with Gasteiger partial charge in [0.2, 0.25) is 0 Å². The molecule has 1 saturated heterocycles.